The van der Waals surface area contributed by atoms with Crippen molar-refractivity contribution in [1.29, 1.82) is 0 Å². The van der Waals surface area contributed by atoms with Gasteiger partial charge in [-0.25, -0.2) is 13.4 Å². The highest BCUT2D eigenvalue weighted by molar-refractivity contribution is 7.91. The quantitative estimate of drug-likeness (QED) is 0.783. The second-order valence-corrected chi connectivity index (χ2v) is 7.82. The smallest absolute Gasteiger partial charge is 0.227 e. The summed E-state index contributed by atoms with van der Waals surface area (Å²) >= 11 is 5.93. The molecule has 7 nitrogen and oxygen atoms in total. The molecule has 0 aliphatic rings. The Hall–Kier alpha value is -2.06. The number of sulfone groups is 1. The molecule has 0 atom stereocenters. The summed E-state index contributed by atoms with van der Waals surface area (Å²) in [6, 6.07) is 4.35. The summed E-state index contributed by atoms with van der Waals surface area (Å²) in [4.78, 5) is 9.85. The van der Waals surface area contributed by atoms with E-state index in [0.29, 0.717) is 5.95 Å². The van der Waals surface area contributed by atoms with Crippen molar-refractivity contribution in [2.75, 3.05) is 31.3 Å². The lowest BCUT2D eigenvalue weighted by Crippen LogP contribution is -2.22. The van der Waals surface area contributed by atoms with Crippen LogP contribution in [0.5, 0.6) is 5.75 Å². The third-order valence-corrected chi connectivity index (χ3v) is 5.69. The van der Waals surface area contributed by atoms with E-state index in [1.165, 1.54) is 25.4 Å². The van der Waals surface area contributed by atoms with Gasteiger partial charge in [-0.2, -0.15) is 4.98 Å². The van der Waals surface area contributed by atoms with Crippen LogP contribution in [-0.2, 0) is 9.84 Å². The van der Waals surface area contributed by atoms with Crippen molar-refractivity contribution in [3.05, 3.63) is 29.4 Å². The topological polar surface area (TPSA) is 98.4 Å². The Morgan fingerprint density at radius 1 is 1.32 bits per heavy atom. The van der Waals surface area contributed by atoms with Crippen molar-refractivity contribution < 1.29 is 13.2 Å². The molecule has 0 fully saturated rings. The molecular weight excluding hydrogens is 364 g/mol. The van der Waals surface area contributed by atoms with Crippen molar-refractivity contribution in [3.8, 4) is 5.75 Å². The van der Waals surface area contributed by atoms with Gasteiger partial charge in [-0.3, -0.25) is 0 Å². The highest BCUT2D eigenvalue weighted by atomic mass is 35.5. The normalized spacial score (nSPS) is 11.4. The average molecular weight is 385 g/mol. The highest BCUT2D eigenvalue weighted by Crippen LogP contribution is 2.33. The molecule has 0 aliphatic heterocycles. The van der Waals surface area contributed by atoms with Crippen LogP contribution in [0.2, 0.25) is 5.02 Å². The maximum atomic E-state index is 12.9. The summed E-state index contributed by atoms with van der Waals surface area (Å²) in [5, 5.41) is 0.273. The first-order chi connectivity index (χ1) is 11.8. The van der Waals surface area contributed by atoms with E-state index in [-0.39, 0.29) is 26.4 Å². The second kappa shape index (κ2) is 7.88. The van der Waals surface area contributed by atoms with Gasteiger partial charge < -0.3 is 15.4 Å². The Balaban J connectivity index is 2.46. The van der Waals surface area contributed by atoms with Crippen molar-refractivity contribution >= 4 is 33.2 Å². The van der Waals surface area contributed by atoms with Crippen molar-refractivity contribution in [2.45, 2.75) is 29.6 Å². The number of nitrogens with zero attached hydrogens (tertiary/aromatic N) is 3. The number of aromatic nitrogens is 2. The number of nitrogens with two attached hydrogens (primary N) is 1. The molecule has 0 saturated carbocycles. The van der Waals surface area contributed by atoms with Crippen molar-refractivity contribution in [1.82, 2.24) is 9.97 Å². The standard InChI is InChI=1S/C16H21ClN4O3S/c1-4-5-8-21(2)16-19-10-14(15(18)20-16)25(22,23)13-9-11(17)6-7-12(13)24-3/h6-7,9-10H,4-5,8H2,1-3H3,(H2,18,19,20). The van der Waals surface area contributed by atoms with E-state index in [4.69, 9.17) is 22.1 Å². The van der Waals surface area contributed by atoms with Gasteiger partial charge in [-0.15, -0.1) is 0 Å². The van der Waals surface area contributed by atoms with Gasteiger partial charge in [0.1, 0.15) is 21.4 Å². The molecule has 2 rings (SSSR count). The van der Waals surface area contributed by atoms with Crippen LogP contribution in [0, 0.1) is 0 Å². The minimum atomic E-state index is -3.97. The fraction of sp³-hybridized carbons (Fsp3) is 0.375. The molecule has 0 aliphatic carbocycles. The van der Waals surface area contributed by atoms with Gasteiger partial charge in [0, 0.05) is 18.6 Å². The van der Waals surface area contributed by atoms with E-state index in [9.17, 15) is 8.42 Å². The number of halogens is 1. The zero-order valence-electron chi connectivity index (χ0n) is 14.4. The second-order valence-electron chi connectivity index (χ2n) is 5.49. The lowest BCUT2D eigenvalue weighted by atomic mass is 10.3. The third kappa shape index (κ3) is 4.13. The van der Waals surface area contributed by atoms with Gasteiger partial charge in [0.25, 0.3) is 0 Å². The van der Waals surface area contributed by atoms with E-state index in [0.717, 1.165) is 19.4 Å². The van der Waals surface area contributed by atoms with E-state index >= 15 is 0 Å². The van der Waals surface area contributed by atoms with E-state index in [2.05, 4.69) is 16.9 Å². The minimum absolute atomic E-state index is 0.0788. The first-order valence-electron chi connectivity index (χ1n) is 7.73. The van der Waals surface area contributed by atoms with Gasteiger partial charge in [0.15, 0.2) is 0 Å². The van der Waals surface area contributed by atoms with Crippen LogP contribution in [0.15, 0.2) is 34.2 Å². The van der Waals surface area contributed by atoms with Crippen LogP contribution in [-0.4, -0.2) is 39.1 Å². The van der Waals surface area contributed by atoms with Crippen LogP contribution in [0.25, 0.3) is 0 Å². The minimum Gasteiger partial charge on any atom is -0.495 e. The van der Waals surface area contributed by atoms with Gasteiger partial charge in [0.2, 0.25) is 15.8 Å². The first-order valence-corrected chi connectivity index (χ1v) is 9.59. The summed E-state index contributed by atoms with van der Waals surface area (Å²) < 4.78 is 31.0. The predicted molar refractivity (Wildman–Crippen MR) is 98.1 cm³/mol. The predicted octanol–water partition coefficient (Wildman–Crippen LogP) is 2.79. The molecule has 25 heavy (non-hydrogen) atoms. The van der Waals surface area contributed by atoms with Crippen molar-refractivity contribution in [2.24, 2.45) is 0 Å². The molecule has 136 valence electrons. The number of methoxy groups -OCH3 is 1. The molecule has 0 radical (unpaired) electrons. The van der Waals surface area contributed by atoms with Crippen LogP contribution in [0.3, 0.4) is 0 Å². The monoisotopic (exact) mass is 384 g/mol. The van der Waals surface area contributed by atoms with Gasteiger partial charge >= 0.3 is 0 Å². The highest BCUT2D eigenvalue weighted by Gasteiger charge is 2.26. The number of unbranched alkanes of at least 4 members (excludes halogenated alkanes) is 1. The molecule has 2 aromatic rings. The number of ether oxygens (including phenoxy) is 1. The van der Waals surface area contributed by atoms with Gasteiger partial charge in [-0.05, 0) is 24.6 Å². The molecule has 1 heterocycles. The van der Waals surface area contributed by atoms with Gasteiger partial charge in [-0.1, -0.05) is 24.9 Å². The van der Waals surface area contributed by atoms with Crippen LogP contribution in [0.1, 0.15) is 19.8 Å². The Morgan fingerprint density at radius 2 is 2.04 bits per heavy atom. The summed E-state index contributed by atoms with van der Waals surface area (Å²) in [5.74, 6) is 0.436. The summed E-state index contributed by atoms with van der Waals surface area (Å²) in [7, 11) is -0.757. The number of hydrogen-bond acceptors (Lipinski definition) is 7. The average Bonchev–Trinajstić information content (AvgIpc) is 2.59. The zero-order chi connectivity index (χ0) is 18.6. The molecule has 9 heteroatoms. The molecular formula is C16H21ClN4O3S. The molecule has 0 amide bonds. The van der Waals surface area contributed by atoms with Gasteiger partial charge in [0.05, 0.1) is 13.3 Å². The number of nitrogen functional groups attached to an aromatic ring is 1. The lowest BCUT2D eigenvalue weighted by Gasteiger charge is -2.17. The van der Waals surface area contributed by atoms with Crippen LogP contribution >= 0.6 is 11.6 Å². The first kappa shape index (κ1) is 19.3. The third-order valence-electron chi connectivity index (χ3n) is 3.66. The number of benzene rings is 1. The number of hydrogen-bond donors (Lipinski definition) is 1. The summed E-state index contributed by atoms with van der Waals surface area (Å²) in [6.45, 7) is 2.83. The molecule has 0 saturated heterocycles. The molecule has 0 bridgehead atoms. The van der Waals surface area contributed by atoms with E-state index < -0.39 is 9.84 Å². The number of anilines is 2. The maximum Gasteiger partial charge on any atom is 0.227 e. The van der Waals surface area contributed by atoms with E-state index in [1.54, 1.807) is 6.07 Å². The maximum absolute atomic E-state index is 12.9. The van der Waals surface area contributed by atoms with Crippen molar-refractivity contribution in [3.63, 3.8) is 0 Å². The molecule has 0 spiro atoms. The fourth-order valence-electron chi connectivity index (χ4n) is 2.24. The molecule has 0 unspecified atom stereocenters. The Morgan fingerprint density at radius 3 is 2.64 bits per heavy atom. The SMILES string of the molecule is CCCCN(C)c1ncc(S(=O)(=O)c2cc(Cl)ccc2OC)c(N)n1. The summed E-state index contributed by atoms with van der Waals surface area (Å²) in [5.41, 5.74) is 5.91. The fourth-order valence-corrected chi connectivity index (χ4v) is 3.92. The Bertz CT molecular complexity index is 858. The zero-order valence-corrected chi connectivity index (χ0v) is 15.9. The Labute approximate surface area is 152 Å². The lowest BCUT2D eigenvalue weighted by molar-refractivity contribution is 0.402. The molecule has 2 N–H and O–H groups in total. The van der Waals surface area contributed by atoms with Crippen LogP contribution in [0.4, 0.5) is 11.8 Å². The largest absolute Gasteiger partial charge is 0.495 e. The molecule has 1 aromatic carbocycles. The molecule has 1 aromatic heterocycles. The van der Waals surface area contributed by atoms with E-state index in [1.807, 2.05) is 11.9 Å². The number of rotatable bonds is 7. The van der Waals surface area contributed by atoms with Crippen LogP contribution < -0.4 is 15.4 Å². The Kier molecular flexibility index (Phi) is 6.07. The summed E-state index contributed by atoms with van der Waals surface area (Å²) in [6.07, 6.45) is 3.22.